The van der Waals surface area contributed by atoms with Gasteiger partial charge in [-0.15, -0.1) is 11.3 Å². The number of carbonyl (C=O) groups is 5. The van der Waals surface area contributed by atoms with Crippen molar-refractivity contribution in [2.45, 2.75) is 64.9 Å². The van der Waals surface area contributed by atoms with Crippen LogP contribution in [0.5, 0.6) is 17.2 Å². The molecule has 2 fully saturated rings. The quantitative estimate of drug-likeness (QED) is 0.0790. The van der Waals surface area contributed by atoms with Gasteiger partial charge in [0.05, 0.1) is 71.2 Å². The highest BCUT2D eigenvalue weighted by molar-refractivity contribution is 8.18. The zero-order chi connectivity index (χ0) is 47.2. The number of amides is 5. The molecule has 0 unspecified atom stereocenters. The molecule has 3 N–H and O–H groups in total. The Bertz CT molecular complexity index is 2530. The molecule has 0 aliphatic carbocycles. The number of aryl methyl sites for hydroxylation is 1. The van der Waals surface area contributed by atoms with Crippen LogP contribution in [0.3, 0.4) is 0 Å². The fraction of sp³-hybridized carbons (Fsp3) is 0.356. The van der Waals surface area contributed by atoms with E-state index in [9.17, 15) is 42.3 Å². The van der Waals surface area contributed by atoms with Crippen LogP contribution in [0.2, 0.25) is 0 Å². The first-order valence-corrected chi connectivity index (χ1v) is 21.9. The van der Waals surface area contributed by atoms with Gasteiger partial charge in [-0.05, 0) is 83.8 Å². The average Bonchev–Trinajstić information content (AvgIpc) is 3.95. The van der Waals surface area contributed by atoms with Crippen molar-refractivity contribution in [2.24, 2.45) is 5.41 Å². The number of likely N-dealkylation sites (tertiary alicyclic amines) is 1. The number of aromatic nitrogens is 1. The summed E-state index contributed by atoms with van der Waals surface area (Å²) in [5.74, 6) is -2.72. The fourth-order valence-corrected chi connectivity index (χ4v) is 8.69. The molecule has 20 heteroatoms. The van der Waals surface area contributed by atoms with Crippen molar-refractivity contribution in [1.82, 2.24) is 20.1 Å². The topological polar surface area (TPSA) is 200 Å². The Morgan fingerprint density at radius 2 is 1.75 bits per heavy atom. The number of imide groups is 1. The zero-order valence-corrected chi connectivity index (χ0v) is 37.5. The number of aliphatic hydroxyl groups excluding tert-OH is 1. The Hall–Kier alpha value is -6.27. The van der Waals surface area contributed by atoms with Gasteiger partial charge >= 0.3 is 6.18 Å². The monoisotopic (exact) mass is 934 g/mol. The number of anilines is 1. The third-order valence-corrected chi connectivity index (χ3v) is 12.3. The third kappa shape index (κ3) is 11.7. The van der Waals surface area contributed by atoms with Gasteiger partial charge in [0.1, 0.15) is 17.8 Å². The van der Waals surface area contributed by atoms with Crippen molar-refractivity contribution >= 4 is 63.7 Å². The van der Waals surface area contributed by atoms with Gasteiger partial charge in [0.25, 0.3) is 11.1 Å². The lowest BCUT2D eigenvalue weighted by Crippen LogP contribution is -2.57. The SMILES string of the molecule is COc1cc(/C=C2/SC(=O)N(CCOCCC(=O)N[C@@H](C(=O)N3C[C@H](O)C[C@H]3C(=O)Nc3ccc(-c4scnc4C)cc3)C(C)(C)C)C2=O)ccc1Oc1ccc(C#N)cc1C(F)(F)F. The molecule has 4 aromatic rings. The summed E-state index contributed by atoms with van der Waals surface area (Å²) < 4.78 is 57.6. The number of nitrogens with one attached hydrogen (secondary N) is 2. The number of halogens is 3. The number of β-amino-alcohol motifs (C(OH)–C–C–N with tert-alkyl or cyclic N) is 1. The molecule has 65 heavy (non-hydrogen) atoms. The number of alkyl halides is 3. The molecule has 3 aromatic carbocycles. The van der Waals surface area contributed by atoms with Crippen molar-refractivity contribution in [3.8, 4) is 33.8 Å². The molecule has 0 spiro atoms. The number of nitriles is 1. The van der Waals surface area contributed by atoms with Crippen LogP contribution in [-0.2, 0) is 30.1 Å². The van der Waals surface area contributed by atoms with Crippen LogP contribution in [0.25, 0.3) is 16.5 Å². The number of methoxy groups -OCH3 is 1. The van der Waals surface area contributed by atoms with Gasteiger partial charge in [0.2, 0.25) is 17.7 Å². The molecule has 3 heterocycles. The van der Waals surface area contributed by atoms with E-state index in [1.807, 2.05) is 19.1 Å². The maximum absolute atomic E-state index is 14.0. The molecule has 2 aliphatic rings. The first-order valence-electron chi connectivity index (χ1n) is 20.2. The molecular weight excluding hydrogens is 890 g/mol. The molecule has 2 saturated heterocycles. The lowest BCUT2D eigenvalue weighted by Gasteiger charge is -2.35. The number of aliphatic hydroxyl groups is 1. The number of benzene rings is 3. The number of hydrogen-bond donors (Lipinski definition) is 3. The van der Waals surface area contributed by atoms with Crippen LogP contribution in [0.4, 0.5) is 23.7 Å². The third-order valence-electron chi connectivity index (χ3n) is 10.4. The first kappa shape index (κ1) is 48.2. The number of ether oxygens (including phenoxy) is 3. The number of thioether (sulfide) groups is 1. The van der Waals surface area contributed by atoms with E-state index in [4.69, 9.17) is 19.5 Å². The summed E-state index contributed by atoms with van der Waals surface area (Å²) in [6, 6.07) is 14.0. The Morgan fingerprint density at radius 1 is 1.03 bits per heavy atom. The largest absolute Gasteiger partial charge is 0.493 e. The van der Waals surface area contributed by atoms with Crippen molar-refractivity contribution in [2.75, 3.05) is 38.7 Å². The van der Waals surface area contributed by atoms with E-state index in [2.05, 4.69) is 15.6 Å². The van der Waals surface area contributed by atoms with E-state index < -0.39 is 70.0 Å². The van der Waals surface area contributed by atoms with Crippen LogP contribution in [0.1, 0.15) is 56.0 Å². The molecule has 342 valence electrons. The number of carbonyl (C=O) groups excluding carboxylic acids is 5. The van der Waals surface area contributed by atoms with Crippen molar-refractivity contribution < 1.29 is 56.5 Å². The lowest BCUT2D eigenvalue weighted by atomic mass is 9.85. The Kier molecular flexibility index (Phi) is 15.0. The summed E-state index contributed by atoms with van der Waals surface area (Å²) in [7, 11) is 1.28. The Morgan fingerprint density at radius 3 is 2.40 bits per heavy atom. The molecule has 1 aromatic heterocycles. The van der Waals surface area contributed by atoms with E-state index in [1.54, 1.807) is 44.5 Å². The number of rotatable bonds is 15. The number of thiazole rings is 1. The molecule has 0 bridgehead atoms. The molecule has 3 atom stereocenters. The minimum atomic E-state index is -4.80. The zero-order valence-electron chi connectivity index (χ0n) is 35.9. The summed E-state index contributed by atoms with van der Waals surface area (Å²) in [5, 5.41) is 24.6. The minimum absolute atomic E-state index is 0.0170. The van der Waals surface area contributed by atoms with Crippen LogP contribution >= 0.6 is 23.1 Å². The van der Waals surface area contributed by atoms with Gasteiger partial charge in [0.15, 0.2) is 11.5 Å². The molecule has 6 rings (SSSR count). The summed E-state index contributed by atoms with van der Waals surface area (Å²) in [4.78, 5) is 74.3. The normalized spacial score (nSPS) is 17.6. The Balaban J connectivity index is 0.995. The summed E-state index contributed by atoms with van der Waals surface area (Å²) in [5.41, 5.74) is 2.36. The van der Waals surface area contributed by atoms with Gasteiger partial charge < -0.3 is 34.9 Å². The van der Waals surface area contributed by atoms with E-state index in [1.165, 1.54) is 53.7 Å². The van der Waals surface area contributed by atoms with Gasteiger partial charge in [-0.25, -0.2) is 4.98 Å². The predicted molar refractivity (Wildman–Crippen MR) is 236 cm³/mol. The maximum Gasteiger partial charge on any atom is 0.420 e. The number of hydrogen-bond acceptors (Lipinski definition) is 13. The molecular formula is C45H45F3N6O9S2. The highest BCUT2D eigenvalue weighted by Gasteiger charge is 2.45. The number of nitrogens with zero attached hydrogens (tertiary/aromatic N) is 4. The Labute approximate surface area is 380 Å². The first-order chi connectivity index (χ1) is 30.8. The van der Waals surface area contributed by atoms with Gasteiger partial charge in [-0.1, -0.05) is 39.0 Å². The second kappa shape index (κ2) is 20.3. The smallest absolute Gasteiger partial charge is 0.420 e. The van der Waals surface area contributed by atoms with Crippen molar-refractivity contribution in [3.05, 3.63) is 93.5 Å². The van der Waals surface area contributed by atoms with Gasteiger partial charge in [-0.3, -0.25) is 28.9 Å². The minimum Gasteiger partial charge on any atom is -0.493 e. The van der Waals surface area contributed by atoms with Crippen LogP contribution in [0, 0.1) is 23.7 Å². The average molecular weight is 935 g/mol. The van der Waals surface area contributed by atoms with Gasteiger partial charge in [-0.2, -0.15) is 18.4 Å². The van der Waals surface area contributed by atoms with Crippen molar-refractivity contribution in [3.63, 3.8) is 0 Å². The molecule has 0 saturated carbocycles. The molecule has 5 amide bonds. The summed E-state index contributed by atoms with van der Waals surface area (Å²) in [6.45, 7) is 6.76. The van der Waals surface area contributed by atoms with E-state index in [0.29, 0.717) is 29.1 Å². The summed E-state index contributed by atoms with van der Waals surface area (Å²) in [6.07, 6.45) is -4.49. The fourth-order valence-electron chi connectivity index (χ4n) is 7.02. The molecule has 0 radical (unpaired) electrons. The highest BCUT2D eigenvalue weighted by atomic mass is 32.2. The second-order valence-corrected chi connectivity index (χ2v) is 18.0. The van der Waals surface area contributed by atoms with Crippen LogP contribution in [0.15, 0.2) is 71.1 Å². The maximum atomic E-state index is 14.0. The summed E-state index contributed by atoms with van der Waals surface area (Å²) >= 11 is 2.18. The second-order valence-electron chi connectivity index (χ2n) is 16.1. The lowest BCUT2D eigenvalue weighted by molar-refractivity contribution is -0.143. The van der Waals surface area contributed by atoms with Crippen LogP contribution < -0.4 is 20.1 Å². The van der Waals surface area contributed by atoms with E-state index in [-0.39, 0.29) is 61.1 Å². The van der Waals surface area contributed by atoms with E-state index in [0.717, 1.165) is 27.1 Å². The molecule has 2 aliphatic heterocycles. The standard InChI is InChI=1S/C45H45F3N6O9S2/c1-25-38(64-24-50-25)28-8-10-29(11-9-28)51-40(57)32-21-30(55)23-54(32)42(59)39(44(2,3)4)52-37(56)14-16-62-17-15-53-41(58)36(65-43(53)60)20-26-6-13-34(35(19-26)61-5)63-33-12-7-27(22-49)18-31(33)45(46,47)48/h6-13,18-20,24,30,32,39,55H,14-17,21,23H2,1-5H3,(H,51,57)(H,52,56)/b36-20+/t30-,32+,39+/m1/s1. The molecule has 15 nitrogen and oxygen atoms in total. The van der Waals surface area contributed by atoms with E-state index >= 15 is 0 Å². The predicted octanol–water partition coefficient (Wildman–Crippen LogP) is 7.38. The van der Waals surface area contributed by atoms with Gasteiger partial charge in [0, 0.05) is 25.1 Å². The van der Waals surface area contributed by atoms with Crippen LogP contribution in [-0.4, -0.2) is 100 Å². The highest BCUT2D eigenvalue weighted by Crippen LogP contribution is 2.42. The van der Waals surface area contributed by atoms with Crippen molar-refractivity contribution in [1.29, 1.82) is 5.26 Å².